The van der Waals surface area contributed by atoms with Crippen molar-refractivity contribution >= 4 is 11.6 Å². The summed E-state index contributed by atoms with van der Waals surface area (Å²) >= 11 is 5.47. The molecular formula is C8H18ClNO. The van der Waals surface area contributed by atoms with Crippen LogP contribution in [0, 0.1) is 0 Å². The van der Waals surface area contributed by atoms with Crippen LogP contribution in [-0.4, -0.2) is 31.2 Å². The van der Waals surface area contributed by atoms with Crippen LogP contribution in [0.15, 0.2) is 0 Å². The van der Waals surface area contributed by atoms with Gasteiger partial charge in [-0.15, -0.1) is 11.6 Å². The molecule has 0 aromatic carbocycles. The van der Waals surface area contributed by atoms with Gasteiger partial charge in [0.25, 0.3) is 0 Å². The van der Waals surface area contributed by atoms with Gasteiger partial charge in [-0.2, -0.15) is 0 Å². The van der Waals surface area contributed by atoms with Crippen molar-refractivity contribution in [2.45, 2.75) is 26.4 Å². The van der Waals surface area contributed by atoms with E-state index in [0.717, 1.165) is 19.7 Å². The van der Waals surface area contributed by atoms with E-state index in [0.29, 0.717) is 5.88 Å². The van der Waals surface area contributed by atoms with Crippen LogP contribution in [0.25, 0.3) is 0 Å². The van der Waals surface area contributed by atoms with Crippen LogP contribution >= 0.6 is 11.6 Å². The summed E-state index contributed by atoms with van der Waals surface area (Å²) in [5.74, 6) is 0.662. The second-order valence-corrected chi connectivity index (χ2v) is 3.78. The number of alkyl halides is 1. The standard InChI is InChI=1S/C8H18ClNO/c1-8(2,3)11-7-6-10-5-4-9/h10H,4-7H2,1-3H3. The number of rotatable bonds is 5. The van der Waals surface area contributed by atoms with Gasteiger partial charge in [-0.25, -0.2) is 0 Å². The van der Waals surface area contributed by atoms with Crippen molar-refractivity contribution in [1.82, 2.24) is 5.32 Å². The van der Waals surface area contributed by atoms with Gasteiger partial charge in [0.2, 0.25) is 0 Å². The molecule has 0 radical (unpaired) electrons. The lowest BCUT2D eigenvalue weighted by Crippen LogP contribution is -2.27. The molecule has 0 bridgehead atoms. The van der Waals surface area contributed by atoms with Crippen molar-refractivity contribution in [2.75, 3.05) is 25.6 Å². The average molecular weight is 180 g/mol. The summed E-state index contributed by atoms with van der Waals surface area (Å²) in [6.45, 7) is 8.64. The first-order valence-electron chi connectivity index (χ1n) is 3.97. The fourth-order valence-corrected chi connectivity index (χ4v) is 0.755. The lowest BCUT2D eigenvalue weighted by molar-refractivity contribution is -0.000611. The van der Waals surface area contributed by atoms with Crippen molar-refractivity contribution < 1.29 is 4.74 Å². The van der Waals surface area contributed by atoms with E-state index in [1.54, 1.807) is 0 Å². The lowest BCUT2D eigenvalue weighted by atomic mass is 10.2. The normalized spacial score (nSPS) is 12.0. The molecule has 0 aliphatic rings. The van der Waals surface area contributed by atoms with E-state index in [-0.39, 0.29) is 5.60 Å². The van der Waals surface area contributed by atoms with E-state index in [2.05, 4.69) is 26.1 Å². The second-order valence-electron chi connectivity index (χ2n) is 3.40. The predicted octanol–water partition coefficient (Wildman–Crippen LogP) is 1.63. The Kier molecular flexibility index (Phi) is 5.92. The van der Waals surface area contributed by atoms with Crippen LogP contribution in [-0.2, 0) is 4.74 Å². The van der Waals surface area contributed by atoms with Crippen molar-refractivity contribution in [3.05, 3.63) is 0 Å². The number of ether oxygens (including phenoxy) is 1. The van der Waals surface area contributed by atoms with Crippen molar-refractivity contribution in [3.8, 4) is 0 Å². The molecule has 0 fully saturated rings. The van der Waals surface area contributed by atoms with E-state index >= 15 is 0 Å². The summed E-state index contributed by atoms with van der Waals surface area (Å²) in [7, 11) is 0. The highest BCUT2D eigenvalue weighted by molar-refractivity contribution is 6.18. The van der Waals surface area contributed by atoms with Crippen LogP contribution in [0.5, 0.6) is 0 Å². The van der Waals surface area contributed by atoms with Crippen molar-refractivity contribution in [1.29, 1.82) is 0 Å². The Morgan fingerprint density at radius 2 is 1.91 bits per heavy atom. The molecule has 0 aromatic rings. The Balaban J connectivity index is 3.02. The Labute approximate surface area is 74.3 Å². The van der Waals surface area contributed by atoms with Gasteiger partial charge in [0.05, 0.1) is 12.2 Å². The Bertz CT molecular complexity index is 90.6. The van der Waals surface area contributed by atoms with Gasteiger partial charge in [0.1, 0.15) is 0 Å². The summed E-state index contributed by atoms with van der Waals surface area (Å²) < 4.78 is 5.47. The zero-order chi connectivity index (χ0) is 8.74. The highest BCUT2D eigenvalue weighted by Crippen LogP contribution is 2.04. The van der Waals surface area contributed by atoms with Gasteiger partial charge >= 0.3 is 0 Å². The molecule has 68 valence electrons. The Morgan fingerprint density at radius 1 is 1.27 bits per heavy atom. The zero-order valence-electron chi connectivity index (χ0n) is 7.61. The summed E-state index contributed by atoms with van der Waals surface area (Å²) in [4.78, 5) is 0. The van der Waals surface area contributed by atoms with E-state index in [1.807, 2.05) is 0 Å². The summed E-state index contributed by atoms with van der Waals surface area (Å²) in [5.41, 5.74) is -0.0252. The first-order chi connectivity index (χ1) is 5.06. The largest absolute Gasteiger partial charge is 0.375 e. The van der Waals surface area contributed by atoms with Crippen LogP contribution in [0.3, 0.4) is 0 Å². The maximum atomic E-state index is 5.47. The molecule has 1 N–H and O–H groups in total. The molecule has 0 saturated carbocycles. The highest BCUT2D eigenvalue weighted by Gasteiger charge is 2.08. The van der Waals surface area contributed by atoms with Gasteiger partial charge in [-0.1, -0.05) is 0 Å². The van der Waals surface area contributed by atoms with Crippen molar-refractivity contribution in [2.24, 2.45) is 0 Å². The van der Waals surface area contributed by atoms with Crippen LogP contribution in [0.2, 0.25) is 0 Å². The summed E-state index contributed by atoms with van der Waals surface area (Å²) in [5, 5.41) is 3.15. The number of hydrogen-bond acceptors (Lipinski definition) is 2. The second kappa shape index (κ2) is 5.81. The van der Waals surface area contributed by atoms with E-state index in [4.69, 9.17) is 16.3 Å². The predicted molar refractivity (Wildman–Crippen MR) is 49.3 cm³/mol. The van der Waals surface area contributed by atoms with Gasteiger partial charge in [-0.05, 0) is 20.8 Å². The maximum absolute atomic E-state index is 5.47. The monoisotopic (exact) mass is 179 g/mol. The minimum Gasteiger partial charge on any atom is -0.375 e. The van der Waals surface area contributed by atoms with Crippen LogP contribution in [0.1, 0.15) is 20.8 Å². The third-order valence-electron chi connectivity index (χ3n) is 1.09. The van der Waals surface area contributed by atoms with Gasteiger partial charge < -0.3 is 10.1 Å². The third kappa shape index (κ3) is 10.2. The van der Waals surface area contributed by atoms with Gasteiger partial charge in [-0.3, -0.25) is 0 Å². The molecule has 0 spiro atoms. The smallest absolute Gasteiger partial charge is 0.0599 e. The molecule has 0 aliphatic heterocycles. The summed E-state index contributed by atoms with van der Waals surface area (Å²) in [6.07, 6.45) is 0. The molecule has 0 aromatic heterocycles. The molecule has 0 unspecified atom stereocenters. The first-order valence-corrected chi connectivity index (χ1v) is 4.50. The fourth-order valence-electron chi connectivity index (χ4n) is 0.621. The Hall–Kier alpha value is 0.210. The molecular weight excluding hydrogens is 162 g/mol. The van der Waals surface area contributed by atoms with E-state index in [1.165, 1.54) is 0 Å². The van der Waals surface area contributed by atoms with Crippen LogP contribution < -0.4 is 5.32 Å². The molecule has 2 nitrogen and oxygen atoms in total. The molecule has 0 saturated heterocycles. The van der Waals surface area contributed by atoms with E-state index in [9.17, 15) is 0 Å². The number of hydrogen-bond donors (Lipinski definition) is 1. The number of halogens is 1. The topological polar surface area (TPSA) is 21.3 Å². The minimum atomic E-state index is -0.0252. The maximum Gasteiger partial charge on any atom is 0.0599 e. The number of nitrogens with one attached hydrogen (secondary N) is 1. The molecule has 0 amide bonds. The van der Waals surface area contributed by atoms with Gasteiger partial charge in [0, 0.05) is 19.0 Å². The summed E-state index contributed by atoms with van der Waals surface area (Å²) in [6, 6.07) is 0. The molecule has 0 heterocycles. The highest BCUT2D eigenvalue weighted by atomic mass is 35.5. The van der Waals surface area contributed by atoms with Crippen molar-refractivity contribution in [3.63, 3.8) is 0 Å². The lowest BCUT2D eigenvalue weighted by Gasteiger charge is -2.19. The molecule has 11 heavy (non-hydrogen) atoms. The van der Waals surface area contributed by atoms with E-state index < -0.39 is 0 Å². The first kappa shape index (κ1) is 11.2. The fraction of sp³-hybridized carbons (Fsp3) is 1.00. The zero-order valence-corrected chi connectivity index (χ0v) is 8.37. The van der Waals surface area contributed by atoms with Crippen LogP contribution in [0.4, 0.5) is 0 Å². The molecule has 0 rings (SSSR count). The third-order valence-corrected chi connectivity index (χ3v) is 1.27. The SMILES string of the molecule is CC(C)(C)OCCNCCCl. The average Bonchev–Trinajstić information content (AvgIpc) is 1.85. The van der Waals surface area contributed by atoms with Gasteiger partial charge in [0.15, 0.2) is 0 Å². The molecule has 3 heteroatoms. The minimum absolute atomic E-state index is 0.0252. The quantitative estimate of drug-likeness (QED) is 0.512. The Morgan fingerprint density at radius 3 is 2.36 bits per heavy atom. The molecule has 0 atom stereocenters. The molecule has 0 aliphatic carbocycles.